The molecule has 4 aromatic rings. The van der Waals surface area contributed by atoms with Crippen LogP contribution in [0.2, 0.25) is 0 Å². The topological polar surface area (TPSA) is 77.0 Å². The van der Waals surface area contributed by atoms with Crippen molar-refractivity contribution in [2.75, 3.05) is 11.1 Å². The highest BCUT2D eigenvalue weighted by molar-refractivity contribution is 8.00. The van der Waals surface area contributed by atoms with E-state index in [-0.39, 0.29) is 17.3 Å². The van der Waals surface area contributed by atoms with Crippen LogP contribution in [0.1, 0.15) is 43.2 Å². The molecule has 8 heteroatoms. The number of thioether (sulfide) groups is 1. The van der Waals surface area contributed by atoms with Crippen molar-refractivity contribution in [2.24, 2.45) is 0 Å². The van der Waals surface area contributed by atoms with Gasteiger partial charge in [0.25, 0.3) is 0 Å². The van der Waals surface area contributed by atoms with Crippen molar-refractivity contribution in [3.8, 4) is 0 Å². The molecule has 0 bridgehead atoms. The first-order valence-corrected chi connectivity index (χ1v) is 12.9. The Morgan fingerprint density at radius 1 is 1.24 bits per heavy atom. The van der Waals surface area contributed by atoms with Gasteiger partial charge in [0.1, 0.15) is 16.2 Å². The average molecular weight is 479 g/mol. The molecule has 6 nitrogen and oxygen atoms in total. The Balaban J connectivity index is 1.50. The Labute approximate surface area is 201 Å². The smallest absolute Gasteiger partial charge is 0.234 e. The molecular weight excluding hydrogens is 452 g/mol. The number of carbonyl (C=O) groups is 1. The van der Waals surface area contributed by atoms with E-state index in [9.17, 15) is 4.79 Å². The SMILES string of the molecule is CCc1nc2sc3c(SCC(=O)Nc4ccccc4C)ncnc3c2c2c1COC(C)(C)C2. The number of amides is 1. The molecule has 1 aromatic carbocycles. The largest absolute Gasteiger partial charge is 0.370 e. The van der Waals surface area contributed by atoms with E-state index < -0.39 is 0 Å². The molecule has 5 rings (SSSR count). The van der Waals surface area contributed by atoms with E-state index in [2.05, 4.69) is 36.1 Å². The molecule has 0 unspecified atom stereocenters. The lowest BCUT2D eigenvalue weighted by Gasteiger charge is -2.33. The highest BCUT2D eigenvalue weighted by Gasteiger charge is 2.31. The Morgan fingerprint density at radius 3 is 2.85 bits per heavy atom. The van der Waals surface area contributed by atoms with Crippen molar-refractivity contribution >= 4 is 55.1 Å². The summed E-state index contributed by atoms with van der Waals surface area (Å²) in [6.45, 7) is 8.96. The minimum Gasteiger partial charge on any atom is -0.370 e. The molecule has 0 spiro atoms. The van der Waals surface area contributed by atoms with Crippen LogP contribution in [0.25, 0.3) is 20.4 Å². The third kappa shape index (κ3) is 4.23. The summed E-state index contributed by atoms with van der Waals surface area (Å²) in [6.07, 6.45) is 3.29. The minimum atomic E-state index is -0.223. The van der Waals surface area contributed by atoms with E-state index in [1.807, 2.05) is 31.2 Å². The van der Waals surface area contributed by atoms with Crippen molar-refractivity contribution in [1.82, 2.24) is 15.0 Å². The second kappa shape index (κ2) is 8.66. The number of aryl methyl sites for hydroxylation is 2. The number of hydrogen-bond acceptors (Lipinski definition) is 7. The molecule has 1 aliphatic heterocycles. The van der Waals surface area contributed by atoms with Crippen LogP contribution in [-0.2, 0) is 29.0 Å². The summed E-state index contributed by atoms with van der Waals surface area (Å²) in [4.78, 5) is 27.7. The van der Waals surface area contributed by atoms with Gasteiger partial charge in [-0.3, -0.25) is 4.79 Å². The summed E-state index contributed by atoms with van der Waals surface area (Å²) < 4.78 is 7.09. The third-order valence-electron chi connectivity index (χ3n) is 5.98. The van der Waals surface area contributed by atoms with Gasteiger partial charge < -0.3 is 10.1 Å². The molecule has 0 saturated carbocycles. The minimum absolute atomic E-state index is 0.0511. The Hall–Kier alpha value is -2.55. The number of aromatic nitrogens is 3. The van der Waals surface area contributed by atoms with Gasteiger partial charge in [0.05, 0.1) is 28.2 Å². The zero-order chi connectivity index (χ0) is 23.2. The van der Waals surface area contributed by atoms with Crippen molar-refractivity contribution in [2.45, 2.75) is 57.8 Å². The molecule has 1 N–H and O–H groups in total. The van der Waals surface area contributed by atoms with E-state index in [1.165, 1.54) is 22.9 Å². The number of fused-ring (bicyclic) bond motifs is 5. The van der Waals surface area contributed by atoms with E-state index in [0.717, 1.165) is 55.2 Å². The summed E-state index contributed by atoms with van der Waals surface area (Å²) in [6, 6.07) is 7.78. The maximum Gasteiger partial charge on any atom is 0.234 e. The normalized spacial score (nSPS) is 15.0. The first-order chi connectivity index (χ1) is 15.9. The molecule has 0 saturated heterocycles. The summed E-state index contributed by atoms with van der Waals surface area (Å²) in [7, 11) is 0. The average Bonchev–Trinajstić information content (AvgIpc) is 3.17. The van der Waals surface area contributed by atoms with Crippen LogP contribution in [0.15, 0.2) is 35.6 Å². The van der Waals surface area contributed by atoms with Crippen LogP contribution in [-0.4, -0.2) is 32.2 Å². The zero-order valence-electron chi connectivity index (χ0n) is 19.2. The molecule has 0 aliphatic carbocycles. The van der Waals surface area contributed by atoms with E-state index in [4.69, 9.17) is 9.72 Å². The van der Waals surface area contributed by atoms with E-state index in [0.29, 0.717) is 6.61 Å². The lowest BCUT2D eigenvalue weighted by Crippen LogP contribution is -2.32. The molecule has 3 aromatic heterocycles. The molecule has 0 radical (unpaired) electrons. The maximum absolute atomic E-state index is 12.6. The maximum atomic E-state index is 12.6. The third-order valence-corrected chi connectivity index (χ3v) is 8.17. The van der Waals surface area contributed by atoms with Crippen LogP contribution < -0.4 is 5.32 Å². The van der Waals surface area contributed by atoms with Gasteiger partial charge in [-0.25, -0.2) is 15.0 Å². The molecule has 1 aliphatic rings. The van der Waals surface area contributed by atoms with Gasteiger partial charge in [-0.2, -0.15) is 0 Å². The monoisotopic (exact) mass is 478 g/mol. The van der Waals surface area contributed by atoms with Gasteiger partial charge in [0, 0.05) is 28.8 Å². The van der Waals surface area contributed by atoms with Gasteiger partial charge in [-0.05, 0) is 44.4 Å². The molecule has 33 heavy (non-hydrogen) atoms. The fourth-order valence-electron chi connectivity index (χ4n) is 4.28. The predicted octanol–water partition coefficient (Wildman–Crippen LogP) is 5.69. The molecule has 4 heterocycles. The van der Waals surface area contributed by atoms with Gasteiger partial charge in [-0.15, -0.1) is 11.3 Å². The highest BCUT2D eigenvalue weighted by Crippen LogP contribution is 2.42. The second-order valence-electron chi connectivity index (χ2n) is 8.88. The predicted molar refractivity (Wildman–Crippen MR) is 135 cm³/mol. The molecule has 0 fully saturated rings. The fourth-order valence-corrected chi connectivity index (χ4v) is 6.33. The van der Waals surface area contributed by atoms with E-state index in [1.54, 1.807) is 17.7 Å². The summed E-state index contributed by atoms with van der Waals surface area (Å²) in [5.74, 6) is 0.228. The first-order valence-electron chi connectivity index (χ1n) is 11.1. The van der Waals surface area contributed by atoms with Gasteiger partial charge in [0.2, 0.25) is 5.91 Å². The summed E-state index contributed by atoms with van der Waals surface area (Å²) >= 11 is 3.06. The van der Waals surface area contributed by atoms with Crippen molar-refractivity contribution < 1.29 is 9.53 Å². The lowest BCUT2D eigenvalue weighted by molar-refractivity contribution is -0.113. The van der Waals surface area contributed by atoms with Crippen LogP contribution in [0.3, 0.4) is 0 Å². The number of nitrogens with zero attached hydrogens (tertiary/aromatic N) is 3. The highest BCUT2D eigenvalue weighted by atomic mass is 32.2. The fraction of sp³-hybridized carbons (Fsp3) is 0.360. The number of anilines is 1. The number of para-hydroxylation sites is 1. The lowest BCUT2D eigenvalue weighted by atomic mass is 9.89. The van der Waals surface area contributed by atoms with Crippen LogP contribution in [0.4, 0.5) is 5.69 Å². The number of pyridine rings is 1. The molecule has 0 atom stereocenters. The number of hydrogen-bond donors (Lipinski definition) is 1. The molecule has 1 amide bonds. The second-order valence-corrected chi connectivity index (χ2v) is 10.8. The van der Waals surface area contributed by atoms with E-state index >= 15 is 0 Å². The van der Waals surface area contributed by atoms with Crippen molar-refractivity contribution in [3.05, 3.63) is 53.0 Å². The number of benzene rings is 1. The first kappa shape index (κ1) is 22.3. The van der Waals surface area contributed by atoms with Crippen LogP contribution >= 0.6 is 23.1 Å². The van der Waals surface area contributed by atoms with Gasteiger partial charge in [0.15, 0.2) is 0 Å². The zero-order valence-corrected chi connectivity index (χ0v) is 20.8. The van der Waals surface area contributed by atoms with Crippen LogP contribution in [0.5, 0.6) is 0 Å². The molecule has 170 valence electrons. The van der Waals surface area contributed by atoms with Crippen molar-refractivity contribution in [3.63, 3.8) is 0 Å². The van der Waals surface area contributed by atoms with Crippen molar-refractivity contribution in [1.29, 1.82) is 0 Å². The molecular formula is C25H26N4O2S2. The Morgan fingerprint density at radius 2 is 2.06 bits per heavy atom. The number of rotatable bonds is 5. The number of ether oxygens (including phenoxy) is 1. The van der Waals surface area contributed by atoms with Gasteiger partial charge in [-0.1, -0.05) is 36.9 Å². The van der Waals surface area contributed by atoms with Crippen LogP contribution in [0, 0.1) is 6.92 Å². The summed E-state index contributed by atoms with van der Waals surface area (Å²) in [5.41, 5.74) is 6.18. The number of thiophene rings is 1. The van der Waals surface area contributed by atoms with Gasteiger partial charge >= 0.3 is 0 Å². The summed E-state index contributed by atoms with van der Waals surface area (Å²) in [5, 5.41) is 4.93. The standard InChI is InChI=1S/C25H26N4O2S2/c1-5-17-16-11-31-25(3,4)10-15(16)20-21-22(33-23(20)29-17)24(27-13-26-21)32-12-19(30)28-18-9-7-6-8-14(18)2/h6-9,13H,5,10-12H2,1-4H3,(H,28,30). The quantitative estimate of drug-likeness (QED) is 0.293. The Kier molecular flexibility index (Phi) is 5.84. The number of nitrogens with one attached hydrogen (secondary N) is 1. The number of carbonyl (C=O) groups excluding carboxylic acids is 1. The Bertz CT molecular complexity index is 1380.